The third-order valence-electron chi connectivity index (χ3n) is 5.34. The lowest BCUT2D eigenvalue weighted by atomic mass is 9.97. The number of nitrogens with zero attached hydrogens (tertiary/aromatic N) is 5. The van der Waals surface area contributed by atoms with Crippen molar-refractivity contribution in [3.8, 4) is 22.5 Å². The van der Waals surface area contributed by atoms with Crippen molar-refractivity contribution in [3.63, 3.8) is 0 Å². The number of amides is 1. The maximum atomic E-state index is 12.3. The summed E-state index contributed by atoms with van der Waals surface area (Å²) in [5.41, 5.74) is 7.83. The summed E-state index contributed by atoms with van der Waals surface area (Å²) in [6.45, 7) is 0.447. The van der Waals surface area contributed by atoms with E-state index in [1.54, 1.807) is 25.2 Å². The van der Waals surface area contributed by atoms with Crippen molar-refractivity contribution in [2.45, 2.75) is 12.0 Å². The Kier molecular flexibility index (Phi) is 3.75. The van der Waals surface area contributed by atoms with Crippen molar-refractivity contribution in [3.05, 3.63) is 54.5 Å². The average molecular weight is 403 g/mol. The van der Waals surface area contributed by atoms with E-state index >= 15 is 0 Å². The molecule has 0 aliphatic carbocycles. The van der Waals surface area contributed by atoms with Crippen LogP contribution in [0.1, 0.15) is 13.6 Å². The molecule has 4 heterocycles. The van der Waals surface area contributed by atoms with Crippen molar-refractivity contribution in [1.82, 2.24) is 25.0 Å². The van der Waals surface area contributed by atoms with E-state index in [0.29, 0.717) is 29.0 Å². The number of hydrogen-bond acceptors (Lipinski definition) is 8. The topological polar surface area (TPSA) is 131 Å². The van der Waals surface area contributed by atoms with Crippen LogP contribution in [0.2, 0.25) is 0 Å². The predicted molar refractivity (Wildman–Crippen MR) is 109 cm³/mol. The summed E-state index contributed by atoms with van der Waals surface area (Å²) in [7, 11) is 1.64. The Labute approximate surface area is 172 Å². The molecule has 1 saturated heterocycles. The molecule has 9 nitrogen and oxygen atoms in total. The number of nitrogen functional groups attached to an aromatic ring is 1. The fourth-order valence-corrected chi connectivity index (χ4v) is 3.60. The summed E-state index contributed by atoms with van der Waals surface area (Å²) in [4.78, 5) is 26.2. The number of benzene rings is 1. The summed E-state index contributed by atoms with van der Waals surface area (Å²) < 4.78 is 12.9. The lowest BCUT2D eigenvalue weighted by Gasteiger charge is -2.16. The molecule has 3 N–H and O–H groups in total. The van der Waals surface area contributed by atoms with Crippen LogP contribution in [0.15, 0.2) is 53.3 Å². The van der Waals surface area contributed by atoms with Gasteiger partial charge in [0, 0.05) is 37.2 Å². The van der Waals surface area contributed by atoms with Crippen molar-refractivity contribution in [1.29, 1.82) is 0 Å². The molecule has 9 heteroatoms. The molecule has 1 atom stereocenters. The maximum Gasteiger partial charge on any atom is 0.262 e. The van der Waals surface area contributed by atoms with Crippen LogP contribution < -0.4 is 5.73 Å². The molecule has 0 saturated carbocycles. The fourth-order valence-electron chi connectivity index (χ4n) is 3.60. The van der Waals surface area contributed by atoms with E-state index in [9.17, 15) is 9.90 Å². The molecular weight excluding hydrogens is 384 g/mol. The van der Waals surface area contributed by atoms with Gasteiger partial charge in [-0.25, -0.2) is 15.0 Å². The summed E-state index contributed by atoms with van der Waals surface area (Å²) in [5.74, 6) is -0.129. The molecule has 0 bridgehead atoms. The maximum absolute atomic E-state index is 12.3. The number of fused-ring (bicyclic) bond motifs is 1. The molecule has 30 heavy (non-hydrogen) atoms. The molecule has 3 aromatic heterocycles. The van der Waals surface area contributed by atoms with Gasteiger partial charge in [-0.05, 0) is 18.2 Å². The van der Waals surface area contributed by atoms with Crippen LogP contribution in [0.3, 0.4) is 0 Å². The highest BCUT2D eigenvalue weighted by atomic mass is 16.5. The third kappa shape index (κ3) is 2.79. The monoisotopic (exact) mass is 403 g/mol. The number of nitrogens with two attached hydrogens (primary N) is 1. The average Bonchev–Trinajstić information content (AvgIpc) is 3.36. The Morgan fingerprint density at radius 2 is 2.00 bits per heavy atom. The van der Waals surface area contributed by atoms with Crippen LogP contribution in [0.25, 0.3) is 33.5 Å². The second kappa shape index (κ2) is 6.60. The molecule has 1 amide bonds. The van der Waals surface area contributed by atoms with Gasteiger partial charge in [0.25, 0.3) is 5.91 Å². The number of hydrogen-bond donors (Lipinski definition) is 2. The summed E-state index contributed by atoms with van der Waals surface area (Å²) in [5, 5.41) is 14.8. The summed E-state index contributed by atoms with van der Waals surface area (Å²) in [6, 6.07) is 12.6. The fraction of sp³-hybridized carbons (Fsp3) is 0.190. The number of anilines is 1. The second-order valence-corrected chi connectivity index (χ2v) is 7.27. The van der Waals surface area contributed by atoms with E-state index in [1.807, 2.05) is 24.3 Å². The van der Waals surface area contributed by atoms with Gasteiger partial charge in [-0.3, -0.25) is 4.79 Å². The number of likely N-dealkylation sites (tertiary alicyclic amines) is 1. The number of carbonyl (C=O) groups excluding carboxylic acids is 1. The smallest absolute Gasteiger partial charge is 0.262 e. The number of aromatic nitrogens is 4. The zero-order chi connectivity index (χ0) is 21.8. The van der Waals surface area contributed by atoms with E-state index in [1.165, 1.54) is 4.90 Å². The molecular formula is C21H18N6O3. The highest BCUT2D eigenvalue weighted by Gasteiger charge is 2.48. The van der Waals surface area contributed by atoms with Crippen LogP contribution >= 0.6 is 0 Å². The number of likely N-dealkylation sites (N-methyl/N-ethyl adjacent to an activating group) is 1. The van der Waals surface area contributed by atoms with Crippen molar-refractivity contribution >= 4 is 22.8 Å². The SMILES string of the molecule is [2H]c1nc(N)c2nc(-c3cccc(-c4cc(C5(O)CCN(C)C5=O)on4)c3)ccc2n1. The molecule has 1 unspecified atom stereocenters. The first-order valence-corrected chi connectivity index (χ1v) is 9.32. The normalized spacial score (nSPS) is 19.5. The van der Waals surface area contributed by atoms with Gasteiger partial charge in [-0.2, -0.15) is 0 Å². The van der Waals surface area contributed by atoms with E-state index in [4.69, 9.17) is 11.6 Å². The van der Waals surface area contributed by atoms with Crippen molar-refractivity contribution < 1.29 is 15.8 Å². The predicted octanol–water partition coefficient (Wildman–Crippen LogP) is 1.98. The number of rotatable bonds is 3. The van der Waals surface area contributed by atoms with Gasteiger partial charge >= 0.3 is 0 Å². The number of aliphatic hydroxyl groups is 1. The lowest BCUT2D eigenvalue weighted by Crippen LogP contribution is -2.35. The largest absolute Gasteiger partial charge is 0.382 e. The zero-order valence-electron chi connectivity index (χ0n) is 17.0. The lowest BCUT2D eigenvalue weighted by molar-refractivity contribution is -0.144. The molecule has 5 rings (SSSR count). The van der Waals surface area contributed by atoms with Crippen molar-refractivity contribution in [2.24, 2.45) is 0 Å². The van der Waals surface area contributed by atoms with Gasteiger partial charge in [0.15, 0.2) is 11.6 Å². The van der Waals surface area contributed by atoms with Crippen LogP contribution in [0.4, 0.5) is 5.82 Å². The van der Waals surface area contributed by atoms with Crippen LogP contribution in [-0.4, -0.2) is 49.6 Å². The van der Waals surface area contributed by atoms with Gasteiger partial charge in [-0.1, -0.05) is 23.4 Å². The van der Waals surface area contributed by atoms with Gasteiger partial charge < -0.3 is 20.3 Å². The molecule has 1 aliphatic heterocycles. The van der Waals surface area contributed by atoms with Gasteiger partial charge in [0.2, 0.25) is 5.60 Å². The Hall–Kier alpha value is -3.85. The third-order valence-corrected chi connectivity index (χ3v) is 5.34. The van der Waals surface area contributed by atoms with Crippen LogP contribution in [0.5, 0.6) is 0 Å². The first-order chi connectivity index (χ1) is 14.8. The summed E-state index contributed by atoms with van der Waals surface area (Å²) in [6.07, 6.45) is 0.0960. The van der Waals surface area contributed by atoms with Gasteiger partial charge in [0.05, 0.1) is 11.2 Å². The quantitative estimate of drug-likeness (QED) is 0.531. The standard InChI is InChI=1S/C21H18N6O3/c1-27-8-7-21(29,20(27)28)17-10-16(26-30-17)13-4-2-3-12(9-13)14-5-6-15-18(25-14)19(22)24-11-23-15/h2-6,9-11,29H,7-8H2,1H3,(H2,22,23,24)/i11D. The zero-order valence-corrected chi connectivity index (χ0v) is 16.0. The highest BCUT2D eigenvalue weighted by molar-refractivity contribution is 5.88. The Morgan fingerprint density at radius 3 is 2.77 bits per heavy atom. The molecule has 1 fully saturated rings. The Morgan fingerprint density at radius 1 is 1.20 bits per heavy atom. The first kappa shape index (κ1) is 17.0. The molecule has 4 aromatic rings. The van der Waals surface area contributed by atoms with Gasteiger partial charge in [0.1, 0.15) is 18.9 Å². The van der Waals surface area contributed by atoms with E-state index in [0.717, 1.165) is 11.1 Å². The van der Waals surface area contributed by atoms with Gasteiger partial charge in [-0.15, -0.1) is 0 Å². The minimum absolute atomic E-state index is 0.127. The van der Waals surface area contributed by atoms with Crippen LogP contribution in [0, 0.1) is 0 Å². The van der Waals surface area contributed by atoms with Crippen molar-refractivity contribution in [2.75, 3.05) is 19.3 Å². The van der Waals surface area contributed by atoms with E-state index in [2.05, 4.69) is 20.1 Å². The van der Waals surface area contributed by atoms with E-state index < -0.39 is 11.5 Å². The molecule has 0 spiro atoms. The summed E-state index contributed by atoms with van der Waals surface area (Å²) >= 11 is 0. The first-order valence-electron chi connectivity index (χ1n) is 9.82. The number of pyridine rings is 1. The second-order valence-electron chi connectivity index (χ2n) is 7.27. The minimum atomic E-state index is -1.69. The Bertz CT molecular complexity index is 1340. The van der Waals surface area contributed by atoms with E-state index in [-0.39, 0.29) is 24.3 Å². The highest BCUT2D eigenvalue weighted by Crippen LogP contribution is 2.35. The molecule has 150 valence electrons. The number of carbonyl (C=O) groups is 1. The van der Waals surface area contributed by atoms with Crippen LogP contribution in [-0.2, 0) is 10.4 Å². The minimum Gasteiger partial charge on any atom is -0.382 e. The molecule has 1 aliphatic rings. The molecule has 0 radical (unpaired) electrons. The molecule has 1 aromatic carbocycles. The Balaban J connectivity index is 1.51.